The average molecular weight is 634 g/mol. The first kappa shape index (κ1) is 41.8. The first-order valence-corrected chi connectivity index (χ1v) is 18.7. The molecule has 0 aromatic carbocycles. The fourth-order valence-corrected chi connectivity index (χ4v) is 5.37. The quantitative estimate of drug-likeness (QED) is 0.0432. The molecule has 0 heterocycles. The average Bonchev–Trinajstić information content (AvgIpc) is 2.98. The van der Waals surface area contributed by atoms with Crippen LogP contribution >= 0.6 is 0 Å². The van der Waals surface area contributed by atoms with Gasteiger partial charge in [-0.1, -0.05) is 157 Å². The molecule has 0 saturated carbocycles. The van der Waals surface area contributed by atoms with Crippen LogP contribution in [0.15, 0.2) is 72.9 Å². The molecule has 0 bridgehead atoms. The van der Waals surface area contributed by atoms with E-state index in [0.717, 1.165) is 44.9 Å². The molecule has 0 aromatic rings. The number of aliphatic hydroxyl groups is 1. The third kappa shape index (κ3) is 31.2. The fourth-order valence-electron chi connectivity index (χ4n) is 4.63. The third-order valence-electron chi connectivity index (χ3n) is 7.17. The number of hydrogen-bond donors (Lipinski definition) is 3. The number of hydrogen-bond acceptors (Lipinski definition) is 4. The molecule has 2 atom stereocenters. The summed E-state index contributed by atoms with van der Waals surface area (Å²) in [4.78, 5) is 12.4. The summed E-state index contributed by atoms with van der Waals surface area (Å²) in [7, 11) is -4.37. The summed E-state index contributed by atoms with van der Waals surface area (Å²) >= 11 is 0. The van der Waals surface area contributed by atoms with Gasteiger partial charge in [0.25, 0.3) is 10.1 Å². The standard InChI is InChI=1S/C37H63NO5S/c1-3-5-7-9-11-13-15-17-19-21-23-25-27-29-31-33-37(40)38-35(34-44(41,42)43)36(39)32-30-28-26-24-22-20-18-16-14-12-10-8-6-4-2/h5,7,11,13,17,19,23,25,29-32,35-36,39H,3-4,6,8-10,12,14-16,18,20-22,24,26-28,33-34H2,1-2H3,(H,38,40)(H,41,42,43)/b7-5-,13-11-,19-17-,25-23-,31-29-,32-30+. The monoisotopic (exact) mass is 633 g/mol. The van der Waals surface area contributed by atoms with Gasteiger partial charge in [-0.05, 0) is 44.9 Å². The molecule has 2 unspecified atom stereocenters. The van der Waals surface area contributed by atoms with E-state index in [4.69, 9.17) is 0 Å². The largest absolute Gasteiger partial charge is 0.387 e. The normalized spacial score (nSPS) is 14.4. The Bertz CT molecular complexity index is 962. The van der Waals surface area contributed by atoms with Crippen molar-refractivity contribution in [1.82, 2.24) is 5.32 Å². The van der Waals surface area contributed by atoms with E-state index in [1.165, 1.54) is 70.3 Å². The fraction of sp³-hybridized carbons (Fsp3) is 0.649. The Labute approximate surface area is 270 Å². The van der Waals surface area contributed by atoms with Crippen LogP contribution in [0, 0.1) is 0 Å². The van der Waals surface area contributed by atoms with Gasteiger partial charge in [0.2, 0.25) is 5.91 Å². The van der Waals surface area contributed by atoms with Crippen molar-refractivity contribution < 1.29 is 22.9 Å². The van der Waals surface area contributed by atoms with Gasteiger partial charge in [-0.15, -0.1) is 0 Å². The SMILES string of the molecule is CC/C=C\C/C=C\C/C=C\C/C=C\C/C=C\CC(=O)NC(CS(=O)(=O)O)C(O)/C=C/CCCCCCCCCCCCCC. The number of nitrogens with one attached hydrogen (secondary N) is 1. The van der Waals surface area contributed by atoms with E-state index in [1.54, 1.807) is 6.08 Å². The molecule has 0 aliphatic heterocycles. The highest BCUT2D eigenvalue weighted by Gasteiger charge is 2.24. The van der Waals surface area contributed by atoms with Crippen LogP contribution in [0.3, 0.4) is 0 Å². The Hall–Kier alpha value is -2.22. The van der Waals surface area contributed by atoms with Crippen LogP contribution in [-0.2, 0) is 14.9 Å². The molecule has 0 rings (SSSR count). The van der Waals surface area contributed by atoms with Crippen molar-refractivity contribution in [3.8, 4) is 0 Å². The summed E-state index contributed by atoms with van der Waals surface area (Å²) in [5.74, 6) is -1.15. The number of allylic oxidation sites excluding steroid dienone is 10. The second-order valence-electron chi connectivity index (χ2n) is 11.4. The Morgan fingerprint density at radius 1 is 0.636 bits per heavy atom. The zero-order valence-electron chi connectivity index (χ0n) is 27.8. The molecule has 252 valence electrons. The minimum atomic E-state index is -4.37. The minimum Gasteiger partial charge on any atom is -0.387 e. The smallest absolute Gasteiger partial charge is 0.267 e. The zero-order valence-corrected chi connectivity index (χ0v) is 28.6. The van der Waals surface area contributed by atoms with E-state index in [2.05, 4.69) is 61.7 Å². The lowest BCUT2D eigenvalue weighted by Gasteiger charge is -2.20. The molecule has 0 aliphatic rings. The number of amides is 1. The van der Waals surface area contributed by atoms with E-state index in [9.17, 15) is 22.9 Å². The first-order valence-electron chi connectivity index (χ1n) is 17.1. The van der Waals surface area contributed by atoms with Crippen LogP contribution in [-0.4, -0.2) is 41.9 Å². The highest BCUT2D eigenvalue weighted by Crippen LogP contribution is 2.13. The summed E-state index contributed by atoms with van der Waals surface area (Å²) in [6.07, 6.45) is 43.3. The molecule has 44 heavy (non-hydrogen) atoms. The lowest BCUT2D eigenvalue weighted by Crippen LogP contribution is -2.46. The molecular weight excluding hydrogens is 570 g/mol. The van der Waals surface area contributed by atoms with Crippen LogP contribution in [0.25, 0.3) is 0 Å². The number of carbonyl (C=O) groups is 1. The molecule has 1 amide bonds. The Morgan fingerprint density at radius 3 is 1.52 bits per heavy atom. The van der Waals surface area contributed by atoms with Gasteiger partial charge in [0.1, 0.15) is 0 Å². The summed E-state index contributed by atoms with van der Waals surface area (Å²) in [5.41, 5.74) is 0. The Morgan fingerprint density at radius 2 is 1.07 bits per heavy atom. The third-order valence-corrected chi connectivity index (χ3v) is 7.95. The maximum absolute atomic E-state index is 12.4. The lowest BCUT2D eigenvalue weighted by atomic mass is 10.0. The number of unbranched alkanes of at least 4 members (excludes halogenated alkanes) is 12. The molecule has 0 spiro atoms. The van der Waals surface area contributed by atoms with Crippen LogP contribution in [0.1, 0.15) is 136 Å². The second-order valence-corrected chi connectivity index (χ2v) is 12.9. The molecule has 0 aromatic heterocycles. The predicted molar refractivity (Wildman–Crippen MR) is 188 cm³/mol. The van der Waals surface area contributed by atoms with Gasteiger partial charge in [0, 0.05) is 6.42 Å². The zero-order chi connectivity index (χ0) is 32.6. The number of carbonyl (C=O) groups excluding carboxylic acids is 1. The molecule has 7 heteroatoms. The minimum absolute atomic E-state index is 0.0603. The Balaban J connectivity index is 4.22. The molecule has 6 nitrogen and oxygen atoms in total. The first-order chi connectivity index (χ1) is 21.3. The molecule has 3 N–H and O–H groups in total. The van der Waals surface area contributed by atoms with Crippen LogP contribution in [0.2, 0.25) is 0 Å². The van der Waals surface area contributed by atoms with Crippen molar-refractivity contribution in [3.63, 3.8) is 0 Å². The maximum Gasteiger partial charge on any atom is 0.267 e. The summed E-state index contributed by atoms with van der Waals surface area (Å²) in [6, 6.07) is -1.11. The van der Waals surface area contributed by atoms with Crippen molar-refractivity contribution in [3.05, 3.63) is 72.9 Å². The van der Waals surface area contributed by atoms with Crippen LogP contribution < -0.4 is 5.32 Å². The highest BCUT2D eigenvalue weighted by molar-refractivity contribution is 7.85. The van der Waals surface area contributed by atoms with Crippen molar-refractivity contribution >= 4 is 16.0 Å². The summed E-state index contributed by atoms with van der Waals surface area (Å²) in [5, 5.41) is 13.1. The maximum atomic E-state index is 12.4. The van der Waals surface area contributed by atoms with Gasteiger partial charge >= 0.3 is 0 Å². The van der Waals surface area contributed by atoms with Crippen LogP contribution in [0.4, 0.5) is 0 Å². The van der Waals surface area contributed by atoms with Crippen molar-refractivity contribution in [1.29, 1.82) is 0 Å². The van der Waals surface area contributed by atoms with E-state index in [0.29, 0.717) is 6.42 Å². The lowest BCUT2D eigenvalue weighted by molar-refractivity contribution is -0.121. The van der Waals surface area contributed by atoms with Crippen molar-refractivity contribution in [2.45, 2.75) is 148 Å². The van der Waals surface area contributed by atoms with Gasteiger partial charge in [-0.2, -0.15) is 8.42 Å². The molecule has 0 fully saturated rings. The van der Waals surface area contributed by atoms with Gasteiger partial charge in [-0.25, -0.2) is 0 Å². The number of rotatable bonds is 29. The molecule has 0 radical (unpaired) electrons. The predicted octanol–water partition coefficient (Wildman–Crippen LogP) is 9.51. The molecule has 0 aliphatic carbocycles. The molecular formula is C37H63NO5S. The topological polar surface area (TPSA) is 104 Å². The molecule has 0 saturated heterocycles. The van der Waals surface area contributed by atoms with Crippen molar-refractivity contribution in [2.24, 2.45) is 0 Å². The van der Waals surface area contributed by atoms with Gasteiger partial charge in [-0.3, -0.25) is 9.35 Å². The van der Waals surface area contributed by atoms with E-state index < -0.39 is 33.9 Å². The van der Waals surface area contributed by atoms with Crippen molar-refractivity contribution in [2.75, 3.05) is 5.75 Å². The Kier molecular flexibility index (Phi) is 29.2. The second kappa shape index (κ2) is 30.8. The summed E-state index contributed by atoms with van der Waals surface area (Å²) < 4.78 is 32.3. The van der Waals surface area contributed by atoms with Gasteiger partial charge in [0.05, 0.1) is 17.9 Å². The highest BCUT2D eigenvalue weighted by atomic mass is 32.2. The van der Waals surface area contributed by atoms with Crippen LogP contribution in [0.5, 0.6) is 0 Å². The summed E-state index contributed by atoms with van der Waals surface area (Å²) in [6.45, 7) is 4.37. The van der Waals surface area contributed by atoms with Gasteiger partial charge in [0.15, 0.2) is 0 Å². The van der Waals surface area contributed by atoms with Gasteiger partial charge < -0.3 is 10.4 Å². The van der Waals surface area contributed by atoms with E-state index in [-0.39, 0.29) is 6.42 Å². The number of aliphatic hydroxyl groups excluding tert-OH is 1. The van der Waals surface area contributed by atoms with E-state index >= 15 is 0 Å². The van der Waals surface area contributed by atoms with E-state index in [1.807, 2.05) is 18.2 Å².